The lowest BCUT2D eigenvalue weighted by molar-refractivity contribution is -0.141. The standard InChI is InChI=1S/C15H17ClN2O2/c1-2-9-5-11-12(6-9)15(20)18(14(11)19)8-10-3-4-13(16)17-7-10/h3-4,7,9,11-12H,2,5-6,8H2,1H3. The van der Waals surface area contributed by atoms with Crippen LogP contribution in [-0.2, 0) is 16.1 Å². The average Bonchev–Trinajstić information content (AvgIpc) is 2.97. The molecular formula is C15H17ClN2O2. The maximum atomic E-state index is 12.4. The number of rotatable bonds is 3. The number of pyridine rings is 1. The van der Waals surface area contributed by atoms with Crippen molar-refractivity contribution in [3.8, 4) is 0 Å². The third-order valence-corrected chi connectivity index (χ3v) is 4.76. The zero-order valence-electron chi connectivity index (χ0n) is 11.4. The second kappa shape index (κ2) is 5.17. The van der Waals surface area contributed by atoms with Crippen LogP contribution < -0.4 is 0 Å². The summed E-state index contributed by atoms with van der Waals surface area (Å²) in [6.07, 6.45) is 4.39. The zero-order chi connectivity index (χ0) is 14.3. The molecule has 2 aliphatic rings. The summed E-state index contributed by atoms with van der Waals surface area (Å²) in [4.78, 5) is 30.2. The van der Waals surface area contributed by atoms with Gasteiger partial charge in [-0.3, -0.25) is 14.5 Å². The first-order chi connectivity index (χ1) is 9.60. The lowest BCUT2D eigenvalue weighted by Gasteiger charge is -2.17. The number of amides is 2. The summed E-state index contributed by atoms with van der Waals surface area (Å²) >= 11 is 5.74. The third-order valence-electron chi connectivity index (χ3n) is 4.53. The number of hydrogen-bond donors (Lipinski definition) is 0. The lowest BCUT2D eigenvalue weighted by atomic mass is 10.00. The quantitative estimate of drug-likeness (QED) is 0.636. The molecule has 0 bridgehead atoms. The maximum absolute atomic E-state index is 12.4. The fourth-order valence-corrected chi connectivity index (χ4v) is 3.48. The molecule has 4 nitrogen and oxygen atoms in total. The fourth-order valence-electron chi connectivity index (χ4n) is 3.37. The topological polar surface area (TPSA) is 50.3 Å². The molecule has 1 aliphatic carbocycles. The Balaban J connectivity index is 1.75. The SMILES string of the molecule is CCC1CC2C(=O)N(Cc3ccc(Cl)nc3)C(=O)C2C1. The molecule has 2 fully saturated rings. The molecule has 1 aromatic heterocycles. The van der Waals surface area contributed by atoms with Gasteiger partial charge in [-0.2, -0.15) is 0 Å². The number of halogens is 1. The smallest absolute Gasteiger partial charge is 0.233 e. The van der Waals surface area contributed by atoms with Gasteiger partial charge in [-0.1, -0.05) is 31.0 Å². The van der Waals surface area contributed by atoms with Crippen molar-refractivity contribution in [3.05, 3.63) is 29.0 Å². The monoisotopic (exact) mass is 292 g/mol. The number of aromatic nitrogens is 1. The Morgan fingerprint density at radius 3 is 2.40 bits per heavy atom. The largest absolute Gasteiger partial charge is 0.278 e. The van der Waals surface area contributed by atoms with Gasteiger partial charge in [0.1, 0.15) is 5.15 Å². The van der Waals surface area contributed by atoms with Crippen LogP contribution in [0.4, 0.5) is 0 Å². The van der Waals surface area contributed by atoms with E-state index in [0.29, 0.717) is 17.6 Å². The van der Waals surface area contributed by atoms with Gasteiger partial charge in [0.05, 0.1) is 18.4 Å². The minimum atomic E-state index is -0.0901. The third kappa shape index (κ3) is 2.22. The molecule has 3 rings (SSSR count). The second-order valence-corrected chi connectivity index (χ2v) is 6.10. The minimum Gasteiger partial charge on any atom is -0.278 e. The van der Waals surface area contributed by atoms with Crippen LogP contribution in [0.15, 0.2) is 18.3 Å². The van der Waals surface area contributed by atoms with Gasteiger partial charge >= 0.3 is 0 Å². The molecule has 1 aliphatic heterocycles. The highest BCUT2D eigenvalue weighted by Crippen LogP contribution is 2.44. The fraction of sp³-hybridized carbons (Fsp3) is 0.533. The van der Waals surface area contributed by atoms with Crippen molar-refractivity contribution < 1.29 is 9.59 Å². The van der Waals surface area contributed by atoms with E-state index in [9.17, 15) is 9.59 Å². The lowest BCUT2D eigenvalue weighted by Crippen LogP contribution is -2.31. The van der Waals surface area contributed by atoms with Gasteiger partial charge in [0, 0.05) is 6.20 Å². The van der Waals surface area contributed by atoms with E-state index in [1.165, 1.54) is 4.90 Å². The van der Waals surface area contributed by atoms with Crippen LogP contribution in [0, 0.1) is 17.8 Å². The molecular weight excluding hydrogens is 276 g/mol. The highest BCUT2D eigenvalue weighted by atomic mass is 35.5. The van der Waals surface area contributed by atoms with E-state index >= 15 is 0 Å². The van der Waals surface area contributed by atoms with E-state index in [2.05, 4.69) is 11.9 Å². The van der Waals surface area contributed by atoms with Gasteiger partial charge in [0.25, 0.3) is 0 Å². The molecule has 1 saturated heterocycles. The number of hydrogen-bond acceptors (Lipinski definition) is 3. The molecule has 1 saturated carbocycles. The number of fused-ring (bicyclic) bond motifs is 1. The first-order valence-electron chi connectivity index (χ1n) is 7.05. The number of nitrogens with zero attached hydrogens (tertiary/aromatic N) is 2. The Morgan fingerprint density at radius 1 is 1.25 bits per heavy atom. The Morgan fingerprint density at radius 2 is 1.90 bits per heavy atom. The predicted molar refractivity (Wildman–Crippen MR) is 74.8 cm³/mol. The number of likely N-dealkylation sites (tertiary alicyclic amines) is 1. The highest BCUT2D eigenvalue weighted by molar-refractivity contribution is 6.29. The van der Waals surface area contributed by atoms with Crippen molar-refractivity contribution in [3.63, 3.8) is 0 Å². The van der Waals surface area contributed by atoms with Crippen molar-refractivity contribution >= 4 is 23.4 Å². The molecule has 20 heavy (non-hydrogen) atoms. The van der Waals surface area contributed by atoms with Crippen LogP contribution in [0.3, 0.4) is 0 Å². The summed E-state index contributed by atoms with van der Waals surface area (Å²) in [6.45, 7) is 2.43. The first kappa shape index (κ1) is 13.6. The molecule has 106 valence electrons. The average molecular weight is 293 g/mol. The molecule has 0 N–H and O–H groups in total. The van der Waals surface area contributed by atoms with Crippen LogP contribution in [0.25, 0.3) is 0 Å². The number of imide groups is 1. The van der Waals surface area contributed by atoms with Gasteiger partial charge in [-0.25, -0.2) is 4.98 Å². The van der Waals surface area contributed by atoms with Crippen molar-refractivity contribution in [2.45, 2.75) is 32.7 Å². The highest BCUT2D eigenvalue weighted by Gasteiger charge is 2.51. The molecule has 1 aromatic rings. The van der Waals surface area contributed by atoms with E-state index in [1.807, 2.05) is 0 Å². The number of carbonyl (C=O) groups excluding carboxylic acids is 2. The van der Waals surface area contributed by atoms with Gasteiger partial charge in [0.15, 0.2) is 0 Å². The predicted octanol–water partition coefficient (Wildman–Crippen LogP) is 2.66. The molecule has 0 aromatic carbocycles. The molecule has 2 amide bonds. The Labute approximate surface area is 123 Å². The molecule has 0 radical (unpaired) electrons. The van der Waals surface area contributed by atoms with Crippen LogP contribution >= 0.6 is 11.6 Å². The number of carbonyl (C=O) groups is 2. The maximum Gasteiger partial charge on any atom is 0.233 e. The van der Waals surface area contributed by atoms with Crippen molar-refractivity contribution in [2.24, 2.45) is 17.8 Å². The summed E-state index contributed by atoms with van der Waals surface area (Å²) < 4.78 is 0. The van der Waals surface area contributed by atoms with Gasteiger partial charge in [0.2, 0.25) is 11.8 Å². The Hall–Kier alpha value is -1.42. The van der Waals surface area contributed by atoms with Crippen molar-refractivity contribution in [2.75, 3.05) is 0 Å². The van der Waals surface area contributed by atoms with Crippen LogP contribution in [0.1, 0.15) is 31.7 Å². The summed E-state index contributed by atoms with van der Waals surface area (Å²) in [6, 6.07) is 3.48. The molecule has 0 spiro atoms. The van der Waals surface area contributed by atoms with Crippen molar-refractivity contribution in [1.82, 2.24) is 9.88 Å². The molecule has 5 heteroatoms. The molecule has 2 atom stereocenters. The summed E-state index contributed by atoms with van der Waals surface area (Å²) in [5.74, 6) is 0.328. The minimum absolute atomic E-state index is 0.00843. The van der Waals surface area contributed by atoms with Crippen LogP contribution in [-0.4, -0.2) is 21.7 Å². The second-order valence-electron chi connectivity index (χ2n) is 5.71. The summed E-state index contributed by atoms with van der Waals surface area (Å²) in [7, 11) is 0. The summed E-state index contributed by atoms with van der Waals surface area (Å²) in [5, 5.41) is 0.412. The normalized spacial score (nSPS) is 29.1. The zero-order valence-corrected chi connectivity index (χ0v) is 12.1. The van der Waals surface area contributed by atoms with E-state index in [-0.39, 0.29) is 23.7 Å². The molecule has 2 heterocycles. The van der Waals surface area contributed by atoms with Gasteiger partial charge < -0.3 is 0 Å². The van der Waals surface area contributed by atoms with Gasteiger partial charge in [-0.15, -0.1) is 0 Å². The Kier molecular flexibility index (Phi) is 3.50. The van der Waals surface area contributed by atoms with E-state index in [1.54, 1.807) is 18.3 Å². The van der Waals surface area contributed by atoms with E-state index in [4.69, 9.17) is 11.6 Å². The van der Waals surface area contributed by atoms with Crippen LogP contribution in [0.2, 0.25) is 5.15 Å². The first-order valence-corrected chi connectivity index (χ1v) is 7.43. The summed E-state index contributed by atoms with van der Waals surface area (Å²) in [5.41, 5.74) is 0.836. The van der Waals surface area contributed by atoms with E-state index < -0.39 is 0 Å². The van der Waals surface area contributed by atoms with Crippen molar-refractivity contribution in [1.29, 1.82) is 0 Å². The molecule has 2 unspecified atom stereocenters. The van der Waals surface area contributed by atoms with Gasteiger partial charge in [-0.05, 0) is 30.4 Å². The Bertz CT molecular complexity index is 519. The van der Waals surface area contributed by atoms with Crippen LogP contribution in [0.5, 0.6) is 0 Å². The van der Waals surface area contributed by atoms with E-state index in [0.717, 1.165) is 24.8 Å².